The van der Waals surface area contributed by atoms with E-state index in [1.165, 1.54) is 38.5 Å². The molecule has 1 atom stereocenters. The highest BCUT2D eigenvalue weighted by Crippen LogP contribution is 2.59. The summed E-state index contributed by atoms with van der Waals surface area (Å²) >= 11 is -2.11. The molecule has 2 N–H and O–H groups in total. The zero-order chi connectivity index (χ0) is 13.3. The minimum atomic E-state index is -2.11. The Balaban J connectivity index is 1.39. The van der Waals surface area contributed by atoms with Crippen LogP contribution in [0.15, 0.2) is 0 Å². The lowest BCUT2D eigenvalue weighted by Crippen LogP contribution is -2.50. The van der Waals surface area contributed by atoms with Crippen LogP contribution in [-0.4, -0.2) is 28.5 Å². The third kappa shape index (κ3) is 3.38. The molecule has 4 aliphatic carbocycles. The van der Waals surface area contributed by atoms with Crippen LogP contribution in [0.5, 0.6) is 0 Å². The van der Waals surface area contributed by atoms with Gasteiger partial charge in [0.1, 0.15) is 0 Å². The van der Waals surface area contributed by atoms with Crippen molar-refractivity contribution in [2.24, 2.45) is 23.2 Å². The first-order valence-electron chi connectivity index (χ1n) is 7.60. The average molecular weight is 287 g/mol. The summed E-state index contributed by atoms with van der Waals surface area (Å²) in [5, 5.41) is 3.56. The highest BCUT2D eigenvalue weighted by Gasteiger charge is 2.50. The highest BCUT2D eigenvalue weighted by atomic mass is 32.2. The Morgan fingerprint density at radius 1 is 1.16 bits per heavy atom. The molecule has 4 bridgehead atoms. The molecule has 0 spiro atoms. The zero-order valence-corrected chi connectivity index (χ0v) is 12.3. The van der Waals surface area contributed by atoms with Crippen molar-refractivity contribution in [1.29, 1.82) is 0 Å². The Morgan fingerprint density at radius 2 is 1.74 bits per heavy atom. The molecule has 4 rings (SSSR count). The minimum Gasteiger partial charge on any atom is -0.316 e. The molecule has 4 aliphatic rings. The predicted octanol–water partition coefficient (Wildman–Crippen LogP) is 2.34. The molecule has 4 fully saturated rings. The Hall–Kier alpha value is 0.0300. The first kappa shape index (κ1) is 14.0. The van der Waals surface area contributed by atoms with Gasteiger partial charge in [-0.15, -0.1) is 0 Å². The largest absolute Gasteiger partial charge is 0.316 e. The molecular weight excluding hydrogens is 262 g/mol. The van der Waals surface area contributed by atoms with Gasteiger partial charge in [0.15, 0.2) is 0 Å². The summed E-state index contributed by atoms with van der Waals surface area (Å²) in [5.41, 5.74) is 0.579. The van der Waals surface area contributed by atoms with Crippen molar-refractivity contribution in [3.8, 4) is 0 Å². The molecule has 0 aromatic heterocycles. The highest BCUT2D eigenvalue weighted by molar-refractivity contribution is 7.74. The van der Waals surface area contributed by atoms with Crippen molar-refractivity contribution in [3.05, 3.63) is 0 Å². The van der Waals surface area contributed by atoms with Crippen LogP contribution in [0.1, 0.15) is 44.9 Å². The first-order valence-corrected chi connectivity index (χ1v) is 8.63. The number of hydrogen-bond acceptors (Lipinski definition) is 3. The molecule has 0 radical (unpaired) electrons. The molecule has 4 saturated carbocycles. The maximum atomic E-state index is 10.3. The van der Waals surface area contributed by atoms with Crippen LogP contribution in [0.4, 0.5) is 0 Å². The summed E-state index contributed by atoms with van der Waals surface area (Å²) in [5.74, 6) is 3.02. The van der Waals surface area contributed by atoms with E-state index in [-0.39, 0.29) is 0 Å². The maximum Gasteiger partial charge on any atom is 0.301 e. The quantitative estimate of drug-likeness (QED) is 0.557. The topological polar surface area (TPSA) is 58.6 Å². The number of rotatable bonds is 7. The van der Waals surface area contributed by atoms with Crippen LogP contribution in [-0.2, 0) is 15.5 Å². The minimum absolute atomic E-state index is 0.358. The summed E-state index contributed by atoms with van der Waals surface area (Å²) in [4.78, 5) is 0. The van der Waals surface area contributed by atoms with E-state index in [9.17, 15) is 4.21 Å². The van der Waals surface area contributed by atoms with Gasteiger partial charge in [0.25, 0.3) is 0 Å². The standard InChI is InChI=1S/C14H25NO3S/c16-19(17)18-3-1-2-15-10-14-7-11-4-12(8-14)6-13(5-11)9-14/h11-13,15H,1-10H2,(H,16,17). The fourth-order valence-corrected chi connectivity index (χ4v) is 5.45. The van der Waals surface area contributed by atoms with Crippen LogP contribution in [0.3, 0.4) is 0 Å². The van der Waals surface area contributed by atoms with E-state index in [1.807, 2.05) is 0 Å². The van der Waals surface area contributed by atoms with E-state index in [0.29, 0.717) is 12.0 Å². The molecule has 0 heterocycles. The van der Waals surface area contributed by atoms with Gasteiger partial charge in [-0.25, -0.2) is 0 Å². The third-order valence-corrected chi connectivity index (χ3v) is 5.72. The Morgan fingerprint density at radius 3 is 2.26 bits per heavy atom. The van der Waals surface area contributed by atoms with E-state index < -0.39 is 11.4 Å². The van der Waals surface area contributed by atoms with E-state index in [1.54, 1.807) is 0 Å². The van der Waals surface area contributed by atoms with Crippen LogP contribution < -0.4 is 5.32 Å². The lowest BCUT2D eigenvalue weighted by atomic mass is 9.49. The van der Waals surface area contributed by atoms with E-state index in [4.69, 9.17) is 4.55 Å². The van der Waals surface area contributed by atoms with Gasteiger partial charge in [0.05, 0.1) is 6.61 Å². The first-order chi connectivity index (χ1) is 9.15. The van der Waals surface area contributed by atoms with Crippen molar-refractivity contribution in [1.82, 2.24) is 5.32 Å². The molecule has 0 amide bonds. The van der Waals surface area contributed by atoms with Crippen molar-refractivity contribution < 1.29 is 12.9 Å². The van der Waals surface area contributed by atoms with Crippen LogP contribution >= 0.6 is 0 Å². The van der Waals surface area contributed by atoms with Gasteiger partial charge >= 0.3 is 11.4 Å². The second kappa shape index (κ2) is 5.80. The van der Waals surface area contributed by atoms with Crippen molar-refractivity contribution in [2.75, 3.05) is 19.7 Å². The van der Waals surface area contributed by atoms with Crippen LogP contribution in [0, 0.1) is 23.2 Å². The Kier molecular flexibility index (Phi) is 4.27. The molecule has 5 heteroatoms. The molecule has 110 valence electrons. The van der Waals surface area contributed by atoms with Crippen molar-refractivity contribution >= 4 is 11.4 Å². The van der Waals surface area contributed by atoms with Gasteiger partial charge in [0.2, 0.25) is 0 Å². The Bertz CT molecular complexity index is 312. The van der Waals surface area contributed by atoms with E-state index in [0.717, 1.165) is 37.3 Å². The lowest BCUT2D eigenvalue weighted by molar-refractivity contribution is -0.0512. The fraction of sp³-hybridized carbons (Fsp3) is 1.00. The third-order valence-electron chi connectivity index (χ3n) is 5.35. The molecule has 1 unspecified atom stereocenters. The molecule has 19 heavy (non-hydrogen) atoms. The van der Waals surface area contributed by atoms with Gasteiger partial charge in [0, 0.05) is 6.54 Å². The SMILES string of the molecule is O=S(O)OCCCNCC12CC3CC(CC(C3)C1)C2. The number of nitrogens with one attached hydrogen (secondary N) is 1. The monoisotopic (exact) mass is 287 g/mol. The smallest absolute Gasteiger partial charge is 0.301 e. The summed E-state index contributed by atoms with van der Waals surface area (Å²) in [7, 11) is 0. The van der Waals surface area contributed by atoms with Crippen molar-refractivity contribution in [2.45, 2.75) is 44.9 Å². The summed E-state index contributed by atoms with van der Waals surface area (Å²) in [6.45, 7) is 2.38. The fourth-order valence-electron chi connectivity index (χ4n) is 5.19. The summed E-state index contributed by atoms with van der Waals surface area (Å²) < 4.78 is 23.4. The van der Waals surface area contributed by atoms with Gasteiger partial charge in [-0.2, -0.15) is 4.21 Å². The zero-order valence-electron chi connectivity index (χ0n) is 11.5. The van der Waals surface area contributed by atoms with Crippen LogP contribution in [0.2, 0.25) is 0 Å². The van der Waals surface area contributed by atoms with E-state index in [2.05, 4.69) is 9.50 Å². The van der Waals surface area contributed by atoms with Gasteiger partial charge in [-0.3, -0.25) is 8.74 Å². The molecule has 0 aromatic carbocycles. The van der Waals surface area contributed by atoms with Crippen LogP contribution in [0.25, 0.3) is 0 Å². The number of hydrogen-bond donors (Lipinski definition) is 2. The summed E-state index contributed by atoms with van der Waals surface area (Å²) in [6, 6.07) is 0. The average Bonchev–Trinajstić information content (AvgIpc) is 2.31. The lowest BCUT2D eigenvalue weighted by Gasteiger charge is -2.57. The molecule has 4 nitrogen and oxygen atoms in total. The van der Waals surface area contributed by atoms with Crippen molar-refractivity contribution in [3.63, 3.8) is 0 Å². The summed E-state index contributed by atoms with van der Waals surface area (Å²) in [6.07, 6.45) is 9.59. The van der Waals surface area contributed by atoms with Gasteiger partial charge in [-0.1, -0.05) is 0 Å². The van der Waals surface area contributed by atoms with Gasteiger partial charge < -0.3 is 5.32 Å². The molecule has 0 saturated heterocycles. The van der Waals surface area contributed by atoms with Gasteiger partial charge in [-0.05, 0) is 74.7 Å². The molecule has 0 aliphatic heterocycles. The molecule has 0 aromatic rings. The normalized spacial score (nSPS) is 41.6. The van der Waals surface area contributed by atoms with E-state index >= 15 is 0 Å². The molecular formula is C14H25NO3S. The Labute approximate surface area is 118 Å². The second-order valence-corrected chi connectivity index (χ2v) is 7.66. The second-order valence-electron chi connectivity index (χ2n) is 6.99. The predicted molar refractivity (Wildman–Crippen MR) is 74.8 cm³/mol. The maximum absolute atomic E-state index is 10.3.